The molecule has 0 radical (unpaired) electrons. The smallest absolute Gasteiger partial charge is 0.230 e. The number of hydrogen-bond donors (Lipinski definition) is 0. The largest absolute Gasteiger partial charge is 0.345 e. The number of aryl methyl sites for hydroxylation is 1. The molecule has 0 N–H and O–H groups in total. The van der Waals surface area contributed by atoms with E-state index in [2.05, 4.69) is 15.1 Å². The van der Waals surface area contributed by atoms with Crippen molar-refractivity contribution in [3.63, 3.8) is 0 Å². The topological polar surface area (TPSA) is 92.4 Å². The molecule has 2 aromatic rings. The molecule has 4 heterocycles. The van der Waals surface area contributed by atoms with Crippen molar-refractivity contribution in [3.8, 4) is 11.4 Å². The number of pyridine rings is 1. The Hall–Kier alpha value is -2.77. The lowest BCUT2D eigenvalue weighted by atomic mass is 9.78. The van der Waals surface area contributed by atoms with Crippen molar-refractivity contribution in [2.45, 2.75) is 32.1 Å². The van der Waals surface area contributed by atoms with Gasteiger partial charge in [0.25, 0.3) is 0 Å². The second-order valence-corrected chi connectivity index (χ2v) is 7.42. The highest BCUT2D eigenvalue weighted by atomic mass is 16.5. The minimum atomic E-state index is -0.373. The van der Waals surface area contributed by atoms with E-state index in [4.69, 9.17) is 4.52 Å². The molecule has 2 saturated heterocycles. The summed E-state index contributed by atoms with van der Waals surface area (Å²) in [5.41, 5.74) is 0.453. The van der Waals surface area contributed by atoms with Crippen molar-refractivity contribution < 1.29 is 14.1 Å². The molecule has 1 atom stereocenters. The van der Waals surface area contributed by atoms with Crippen molar-refractivity contribution >= 4 is 11.8 Å². The van der Waals surface area contributed by atoms with E-state index in [0.29, 0.717) is 37.6 Å². The summed E-state index contributed by atoms with van der Waals surface area (Å²) in [5.74, 6) is 1.16. The van der Waals surface area contributed by atoms with Gasteiger partial charge in [0.05, 0.1) is 5.41 Å². The van der Waals surface area contributed by atoms with E-state index in [1.165, 1.54) is 0 Å². The van der Waals surface area contributed by atoms with Gasteiger partial charge in [-0.25, -0.2) is 0 Å². The number of carbonyl (C=O) groups excluding carboxylic acids is 2. The molecule has 2 fully saturated rings. The summed E-state index contributed by atoms with van der Waals surface area (Å²) in [4.78, 5) is 37.1. The van der Waals surface area contributed by atoms with Crippen LogP contribution in [0.4, 0.5) is 0 Å². The molecule has 4 rings (SSSR count). The molecule has 2 amide bonds. The Morgan fingerprint density at radius 2 is 2.07 bits per heavy atom. The first-order valence-electron chi connectivity index (χ1n) is 9.34. The summed E-state index contributed by atoms with van der Waals surface area (Å²) in [6.07, 6.45) is 6.67. The molecule has 2 aliphatic heterocycles. The van der Waals surface area contributed by atoms with Gasteiger partial charge < -0.3 is 14.3 Å². The average Bonchev–Trinajstić information content (AvgIpc) is 3.33. The normalized spacial score (nSPS) is 22.6. The van der Waals surface area contributed by atoms with Gasteiger partial charge in [0.1, 0.15) is 0 Å². The zero-order valence-corrected chi connectivity index (χ0v) is 15.4. The van der Waals surface area contributed by atoms with Gasteiger partial charge in [0.15, 0.2) is 0 Å². The molecule has 0 bridgehead atoms. The molecule has 1 spiro atoms. The van der Waals surface area contributed by atoms with Crippen molar-refractivity contribution in [1.82, 2.24) is 24.9 Å². The van der Waals surface area contributed by atoms with Crippen LogP contribution in [0.15, 0.2) is 29.0 Å². The van der Waals surface area contributed by atoms with E-state index in [-0.39, 0.29) is 17.2 Å². The predicted octanol–water partition coefficient (Wildman–Crippen LogP) is 1.54. The maximum atomic E-state index is 12.6. The number of piperidine rings is 1. The summed E-state index contributed by atoms with van der Waals surface area (Å²) in [6, 6.07) is 3.61. The fourth-order valence-corrected chi connectivity index (χ4v) is 4.08. The van der Waals surface area contributed by atoms with Crippen molar-refractivity contribution in [1.29, 1.82) is 0 Å². The Balaban J connectivity index is 1.34. The van der Waals surface area contributed by atoms with Gasteiger partial charge in [0, 0.05) is 57.5 Å². The van der Waals surface area contributed by atoms with E-state index >= 15 is 0 Å². The van der Waals surface area contributed by atoms with Crippen LogP contribution in [0, 0.1) is 5.41 Å². The number of carbonyl (C=O) groups is 2. The molecule has 27 heavy (non-hydrogen) atoms. The Labute approximate surface area is 157 Å². The minimum Gasteiger partial charge on any atom is -0.345 e. The van der Waals surface area contributed by atoms with Crippen LogP contribution in [0.5, 0.6) is 0 Å². The number of likely N-dealkylation sites (tertiary alicyclic amines) is 2. The number of nitrogens with zero attached hydrogens (tertiary/aromatic N) is 5. The van der Waals surface area contributed by atoms with Crippen LogP contribution in [0.1, 0.15) is 31.6 Å². The van der Waals surface area contributed by atoms with E-state index in [1.807, 2.05) is 24.1 Å². The number of hydrogen-bond acceptors (Lipinski definition) is 6. The Morgan fingerprint density at radius 3 is 2.89 bits per heavy atom. The average molecular weight is 369 g/mol. The van der Waals surface area contributed by atoms with Crippen LogP contribution in [-0.4, -0.2) is 63.4 Å². The summed E-state index contributed by atoms with van der Waals surface area (Å²) in [6.45, 7) is 1.98. The van der Waals surface area contributed by atoms with Crippen LogP contribution in [0.25, 0.3) is 11.4 Å². The highest BCUT2D eigenvalue weighted by Gasteiger charge is 2.48. The van der Waals surface area contributed by atoms with Crippen LogP contribution in [0.3, 0.4) is 0 Å². The van der Waals surface area contributed by atoms with Crippen molar-refractivity contribution in [2.75, 3.05) is 26.7 Å². The van der Waals surface area contributed by atoms with Gasteiger partial charge in [-0.15, -0.1) is 0 Å². The van der Waals surface area contributed by atoms with Crippen LogP contribution in [-0.2, 0) is 16.0 Å². The molecule has 142 valence electrons. The number of rotatable bonds is 4. The third-order valence-corrected chi connectivity index (χ3v) is 5.62. The third kappa shape index (κ3) is 3.43. The molecule has 2 aromatic heterocycles. The third-order valence-electron chi connectivity index (χ3n) is 5.62. The van der Waals surface area contributed by atoms with Crippen LogP contribution in [0.2, 0.25) is 0 Å². The lowest BCUT2D eigenvalue weighted by Crippen LogP contribution is -2.48. The molecule has 0 saturated carbocycles. The molecule has 8 heteroatoms. The lowest BCUT2D eigenvalue weighted by Gasteiger charge is -2.37. The summed E-state index contributed by atoms with van der Waals surface area (Å²) in [5, 5.41) is 3.96. The van der Waals surface area contributed by atoms with Crippen molar-refractivity contribution in [3.05, 3.63) is 30.4 Å². The minimum absolute atomic E-state index is 0.0385. The van der Waals surface area contributed by atoms with E-state index in [9.17, 15) is 9.59 Å². The number of aromatic nitrogens is 3. The van der Waals surface area contributed by atoms with Crippen LogP contribution < -0.4 is 0 Å². The molecule has 0 aliphatic carbocycles. The first-order chi connectivity index (χ1) is 13.1. The molecule has 0 aromatic carbocycles. The second kappa shape index (κ2) is 7.09. The summed E-state index contributed by atoms with van der Waals surface area (Å²) in [7, 11) is 1.85. The predicted molar refractivity (Wildman–Crippen MR) is 96.4 cm³/mol. The van der Waals surface area contributed by atoms with Crippen LogP contribution >= 0.6 is 0 Å². The zero-order chi connectivity index (χ0) is 18.9. The second-order valence-electron chi connectivity index (χ2n) is 7.42. The maximum Gasteiger partial charge on any atom is 0.230 e. The zero-order valence-electron chi connectivity index (χ0n) is 15.4. The SMILES string of the molecule is CN1CCCC2(CCN(C(=O)CCc3nc(-c4ccncc4)no3)C2)C1=O. The fraction of sp³-hybridized carbons (Fsp3) is 0.526. The Bertz CT molecular complexity index is 837. The quantitative estimate of drug-likeness (QED) is 0.812. The monoisotopic (exact) mass is 369 g/mol. The maximum absolute atomic E-state index is 12.6. The van der Waals surface area contributed by atoms with Gasteiger partial charge in [-0.2, -0.15) is 4.98 Å². The van der Waals surface area contributed by atoms with E-state index in [0.717, 1.165) is 31.4 Å². The molecule has 1 unspecified atom stereocenters. The van der Waals surface area contributed by atoms with Gasteiger partial charge in [-0.05, 0) is 31.4 Å². The highest BCUT2D eigenvalue weighted by molar-refractivity contribution is 5.86. The molecule has 2 aliphatic rings. The first kappa shape index (κ1) is 17.6. The van der Waals surface area contributed by atoms with Gasteiger partial charge in [0.2, 0.25) is 23.5 Å². The standard InChI is InChI=1S/C19H23N5O3/c1-23-11-2-7-19(18(23)26)8-12-24(13-19)16(25)4-3-15-21-17(22-27-15)14-5-9-20-10-6-14/h5-6,9-10H,2-4,7-8,11-13H2,1H3. The first-order valence-corrected chi connectivity index (χ1v) is 9.34. The van der Waals surface area contributed by atoms with E-state index in [1.54, 1.807) is 17.3 Å². The summed E-state index contributed by atoms with van der Waals surface area (Å²) < 4.78 is 5.26. The fourth-order valence-electron chi connectivity index (χ4n) is 4.08. The van der Waals surface area contributed by atoms with E-state index < -0.39 is 0 Å². The van der Waals surface area contributed by atoms with Crippen molar-refractivity contribution in [2.24, 2.45) is 5.41 Å². The molecule has 8 nitrogen and oxygen atoms in total. The Kier molecular flexibility index (Phi) is 4.63. The summed E-state index contributed by atoms with van der Waals surface area (Å²) >= 11 is 0. The lowest BCUT2D eigenvalue weighted by molar-refractivity contribution is -0.144. The number of amides is 2. The molecular formula is C19H23N5O3. The van der Waals surface area contributed by atoms with Gasteiger partial charge >= 0.3 is 0 Å². The highest BCUT2D eigenvalue weighted by Crippen LogP contribution is 2.39. The van der Waals surface area contributed by atoms with Gasteiger partial charge in [-0.3, -0.25) is 14.6 Å². The Morgan fingerprint density at radius 1 is 1.26 bits per heavy atom. The van der Waals surface area contributed by atoms with Gasteiger partial charge in [-0.1, -0.05) is 5.16 Å². The molecular weight excluding hydrogens is 346 g/mol.